The second-order valence-electron chi connectivity index (χ2n) is 5.72. The number of hydrogen-bond acceptors (Lipinski definition) is 3. The molecule has 1 saturated carbocycles. The topological polar surface area (TPSA) is 55.1 Å². The lowest BCUT2D eigenvalue weighted by atomic mass is 9.99. The lowest BCUT2D eigenvalue weighted by molar-refractivity contribution is -0.122. The highest BCUT2D eigenvalue weighted by atomic mass is 35.5. The summed E-state index contributed by atoms with van der Waals surface area (Å²) in [6, 6.07) is 2.48. The average Bonchev–Trinajstić information content (AvgIpc) is 2.85. The Morgan fingerprint density at radius 1 is 1.50 bits per heavy atom. The Morgan fingerprint density at radius 2 is 2.20 bits per heavy atom. The molecule has 1 unspecified atom stereocenters. The normalized spacial score (nSPS) is 23.2. The molecule has 3 N–H and O–H groups in total. The van der Waals surface area contributed by atoms with Crippen LogP contribution < -0.4 is 11.1 Å². The highest BCUT2D eigenvalue weighted by molar-refractivity contribution is 7.12. The SMILES string of the molecule is Cc1cc(C(C)NC(=O)C[C@@H]2CCC[C@H]2N)c(C)s1.Cl. The first kappa shape index (κ1) is 17.5. The summed E-state index contributed by atoms with van der Waals surface area (Å²) in [5.41, 5.74) is 7.26. The molecule has 1 aromatic heterocycles. The lowest BCUT2D eigenvalue weighted by Crippen LogP contribution is -2.32. The third-order valence-electron chi connectivity index (χ3n) is 4.09. The molecule has 1 heterocycles. The van der Waals surface area contributed by atoms with E-state index in [1.165, 1.54) is 15.3 Å². The van der Waals surface area contributed by atoms with Crippen molar-refractivity contribution in [3.05, 3.63) is 21.4 Å². The van der Waals surface area contributed by atoms with Gasteiger partial charge in [-0.15, -0.1) is 23.7 Å². The van der Waals surface area contributed by atoms with Gasteiger partial charge in [-0.2, -0.15) is 0 Å². The summed E-state index contributed by atoms with van der Waals surface area (Å²) in [6.45, 7) is 6.27. The Hall–Kier alpha value is -0.580. The number of nitrogens with two attached hydrogens (primary N) is 1. The minimum atomic E-state index is 0. The van der Waals surface area contributed by atoms with Gasteiger partial charge in [0.05, 0.1) is 6.04 Å². The fraction of sp³-hybridized carbons (Fsp3) is 0.667. The van der Waals surface area contributed by atoms with Crippen LogP contribution in [0, 0.1) is 19.8 Å². The van der Waals surface area contributed by atoms with Crippen LogP contribution in [0.15, 0.2) is 6.07 Å². The Morgan fingerprint density at radius 3 is 2.70 bits per heavy atom. The van der Waals surface area contributed by atoms with Gasteiger partial charge in [0.15, 0.2) is 0 Å². The van der Waals surface area contributed by atoms with E-state index < -0.39 is 0 Å². The summed E-state index contributed by atoms with van der Waals surface area (Å²) in [4.78, 5) is 14.7. The van der Waals surface area contributed by atoms with Gasteiger partial charge in [-0.1, -0.05) is 6.42 Å². The molecule has 1 amide bonds. The van der Waals surface area contributed by atoms with Gasteiger partial charge in [0.2, 0.25) is 5.91 Å². The van der Waals surface area contributed by atoms with Gasteiger partial charge < -0.3 is 11.1 Å². The maximum Gasteiger partial charge on any atom is 0.220 e. The van der Waals surface area contributed by atoms with Crippen molar-refractivity contribution in [1.82, 2.24) is 5.32 Å². The molecule has 0 aromatic carbocycles. The Labute approximate surface area is 131 Å². The molecule has 20 heavy (non-hydrogen) atoms. The maximum atomic E-state index is 12.1. The van der Waals surface area contributed by atoms with E-state index in [0.717, 1.165) is 19.3 Å². The van der Waals surface area contributed by atoms with Crippen molar-refractivity contribution in [2.24, 2.45) is 11.7 Å². The summed E-state index contributed by atoms with van der Waals surface area (Å²) < 4.78 is 0. The molecular weight excluding hydrogens is 292 g/mol. The predicted molar refractivity (Wildman–Crippen MR) is 87.5 cm³/mol. The summed E-state index contributed by atoms with van der Waals surface area (Å²) in [7, 11) is 0. The third-order valence-corrected chi connectivity index (χ3v) is 5.07. The van der Waals surface area contributed by atoms with Gasteiger partial charge in [0, 0.05) is 22.2 Å². The first-order valence-corrected chi connectivity index (χ1v) is 7.91. The van der Waals surface area contributed by atoms with E-state index in [2.05, 4.69) is 32.2 Å². The van der Waals surface area contributed by atoms with E-state index in [1.807, 2.05) is 0 Å². The fourth-order valence-electron chi connectivity index (χ4n) is 3.02. The molecule has 0 aliphatic heterocycles. The Bertz CT molecular complexity index is 461. The molecule has 0 radical (unpaired) electrons. The van der Waals surface area contributed by atoms with Crippen LogP contribution in [0.5, 0.6) is 0 Å². The molecule has 1 aliphatic carbocycles. The van der Waals surface area contributed by atoms with E-state index in [-0.39, 0.29) is 30.4 Å². The van der Waals surface area contributed by atoms with Gasteiger partial charge in [-0.3, -0.25) is 4.79 Å². The molecule has 1 aliphatic rings. The van der Waals surface area contributed by atoms with Gasteiger partial charge in [0.1, 0.15) is 0 Å². The van der Waals surface area contributed by atoms with Crippen molar-refractivity contribution in [2.45, 2.75) is 58.5 Å². The van der Waals surface area contributed by atoms with E-state index in [9.17, 15) is 4.79 Å². The number of aryl methyl sites for hydroxylation is 2. The van der Waals surface area contributed by atoms with E-state index in [1.54, 1.807) is 11.3 Å². The molecular formula is C15H25ClN2OS. The Kier molecular flexibility index (Phi) is 6.49. The number of carbonyl (C=O) groups excluding carboxylic acids is 1. The first-order chi connectivity index (χ1) is 8.97. The van der Waals surface area contributed by atoms with Crippen LogP contribution in [0.2, 0.25) is 0 Å². The molecule has 114 valence electrons. The first-order valence-electron chi connectivity index (χ1n) is 7.09. The highest BCUT2D eigenvalue weighted by Gasteiger charge is 2.26. The minimum absolute atomic E-state index is 0. The van der Waals surface area contributed by atoms with Crippen molar-refractivity contribution in [3.63, 3.8) is 0 Å². The van der Waals surface area contributed by atoms with Crippen LogP contribution in [-0.2, 0) is 4.79 Å². The van der Waals surface area contributed by atoms with Crippen molar-refractivity contribution in [1.29, 1.82) is 0 Å². The Balaban J connectivity index is 0.00000200. The standard InChI is InChI=1S/C15H24N2OS.ClH/c1-9-7-13(11(3)19-9)10(2)17-15(18)8-12-5-4-6-14(12)16;/h7,10,12,14H,4-6,8,16H2,1-3H3,(H,17,18);1H/t10?,12-,14+;/m0./s1. The van der Waals surface area contributed by atoms with Crippen molar-refractivity contribution < 1.29 is 4.79 Å². The number of halogens is 1. The smallest absolute Gasteiger partial charge is 0.220 e. The predicted octanol–water partition coefficient (Wildman–Crippen LogP) is 3.48. The van der Waals surface area contributed by atoms with Crippen LogP contribution >= 0.6 is 23.7 Å². The zero-order valence-corrected chi connectivity index (χ0v) is 14.1. The summed E-state index contributed by atoms with van der Waals surface area (Å²) in [5, 5.41) is 3.11. The van der Waals surface area contributed by atoms with Gasteiger partial charge in [0.25, 0.3) is 0 Å². The zero-order chi connectivity index (χ0) is 14.0. The number of nitrogens with one attached hydrogen (secondary N) is 1. The molecule has 3 atom stereocenters. The van der Waals surface area contributed by atoms with Gasteiger partial charge >= 0.3 is 0 Å². The molecule has 1 fully saturated rings. The van der Waals surface area contributed by atoms with E-state index >= 15 is 0 Å². The number of rotatable bonds is 4. The lowest BCUT2D eigenvalue weighted by Gasteiger charge is -2.18. The summed E-state index contributed by atoms with van der Waals surface area (Å²) >= 11 is 1.79. The molecule has 5 heteroatoms. The zero-order valence-electron chi connectivity index (χ0n) is 12.4. The number of amides is 1. The van der Waals surface area contributed by atoms with Gasteiger partial charge in [-0.25, -0.2) is 0 Å². The average molecular weight is 317 g/mol. The second kappa shape index (κ2) is 7.43. The van der Waals surface area contributed by atoms with Crippen LogP contribution in [0.4, 0.5) is 0 Å². The molecule has 0 saturated heterocycles. The molecule has 0 bridgehead atoms. The minimum Gasteiger partial charge on any atom is -0.350 e. The quantitative estimate of drug-likeness (QED) is 0.893. The number of hydrogen-bond donors (Lipinski definition) is 2. The van der Waals surface area contributed by atoms with Crippen molar-refractivity contribution >= 4 is 29.7 Å². The summed E-state index contributed by atoms with van der Waals surface area (Å²) in [5.74, 6) is 0.510. The number of carbonyl (C=O) groups is 1. The third kappa shape index (κ3) is 4.21. The molecule has 2 rings (SSSR count). The maximum absolute atomic E-state index is 12.1. The largest absolute Gasteiger partial charge is 0.350 e. The molecule has 1 aromatic rings. The molecule has 0 spiro atoms. The highest BCUT2D eigenvalue weighted by Crippen LogP contribution is 2.28. The van der Waals surface area contributed by atoms with Crippen LogP contribution in [-0.4, -0.2) is 11.9 Å². The summed E-state index contributed by atoms with van der Waals surface area (Å²) in [6.07, 6.45) is 3.90. The second-order valence-corrected chi connectivity index (χ2v) is 7.18. The monoisotopic (exact) mass is 316 g/mol. The van der Waals surface area contributed by atoms with Crippen LogP contribution in [0.1, 0.15) is 54.0 Å². The molecule has 3 nitrogen and oxygen atoms in total. The fourth-order valence-corrected chi connectivity index (χ4v) is 4.04. The van der Waals surface area contributed by atoms with E-state index in [0.29, 0.717) is 12.3 Å². The van der Waals surface area contributed by atoms with Crippen molar-refractivity contribution in [3.8, 4) is 0 Å². The van der Waals surface area contributed by atoms with Crippen LogP contribution in [0.25, 0.3) is 0 Å². The number of thiophene rings is 1. The van der Waals surface area contributed by atoms with Gasteiger partial charge in [-0.05, 0) is 51.2 Å². The van der Waals surface area contributed by atoms with Crippen LogP contribution in [0.3, 0.4) is 0 Å². The van der Waals surface area contributed by atoms with Crippen molar-refractivity contribution in [2.75, 3.05) is 0 Å². The van der Waals surface area contributed by atoms with E-state index in [4.69, 9.17) is 5.73 Å².